The fraction of sp³-hybridized carbons (Fsp3) is 0.875. The van der Waals surface area contributed by atoms with Gasteiger partial charge in [-0.2, -0.15) is 0 Å². The molecule has 0 radical (unpaired) electrons. The van der Waals surface area contributed by atoms with Gasteiger partial charge in [-0.3, -0.25) is 4.79 Å². The molecule has 0 aliphatic rings. The average molecular weight is 272 g/mol. The van der Waals surface area contributed by atoms with Gasteiger partial charge in [0.1, 0.15) is 9.84 Å². The summed E-state index contributed by atoms with van der Waals surface area (Å²) in [5, 5.41) is 7.57. The zero-order valence-electron chi connectivity index (χ0n) is 9.37. The number of aliphatic carboxylic acids is 1. The third-order valence-electron chi connectivity index (χ3n) is 2.40. The minimum Gasteiger partial charge on any atom is -0.481 e. The van der Waals surface area contributed by atoms with Gasteiger partial charge in [0.25, 0.3) is 0 Å². The normalized spacial score (nSPS) is 16.7. The Morgan fingerprint density at radius 3 is 1.88 bits per heavy atom. The third-order valence-corrected chi connectivity index (χ3v) is 5.92. The first kappa shape index (κ1) is 15.4. The minimum atomic E-state index is -3.70. The average Bonchev–Trinajstić information content (AvgIpc) is 2.11. The van der Waals surface area contributed by atoms with Crippen molar-refractivity contribution in [1.82, 2.24) is 0 Å². The van der Waals surface area contributed by atoms with Gasteiger partial charge < -0.3 is 5.11 Å². The molecule has 16 heavy (non-hydrogen) atoms. The zero-order valence-corrected chi connectivity index (χ0v) is 11.0. The Kier molecular flexibility index (Phi) is 4.93. The van der Waals surface area contributed by atoms with Crippen molar-refractivity contribution >= 4 is 25.6 Å². The fourth-order valence-electron chi connectivity index (χ4n) is 0.965. The van der Waals surface area contributed by atoms with Crippen molar-refractivity contribution in [3.05, 3.63) is 0 Å². The van der Waals surface area contributed by atoms with Gasteiger partial charge in [0, 0.05) is 6.26 Å². The number of hydrogen-bond donors (Lipinski definition) is 1. The van der Waals surface area contributed by atoms with Crippen LogP contribution in [0.4, 0.5) is 0 Å². The smallest absolute Gasteiger partial charge is 0.307 e. The van der Waals surface area contributed by atoms with Gasteiger partial charge in [-0.05, 0) is 6.92 Å². The maximum atomic E-state index is 11.6. The number of hydrogen-bond acceptors (Lipinski definition) is 5. The van der Waals surface area contributed by atoms with E-state index in [0.717, 1.165) is 6.26 Å². The van der Waals surface area contributed by atoms with E-state index in [1.807, 2.05) is 0 Å². The largest absolute Gasteiger partial charge is 0.481 e. The summed E-state index contributed by atoms with van der Waals surface area (Å²) in [5.41, 5.74) is 0. The van der Waals surface area contributed by atoms with Crippen molar-refractivity contribution in [1.29, 1.82) is 0 Å². The first-order valence-corrected chi connectivity index (χ1v) is 8.37. The molecule has 6 nitrogen and oxygen atoms in total. The summed E-state index contributed by atoms with van der Waals surface area (Å²) in [6.45, 7) is 2.56. The van der Waals surface area contributed by atoms with Gasteiger partial charge in [-0.15, -0.1) is 0 Å². The van der Waals surface area contributed by atoms with Gasteiger partial charge in [-0.25, -0.2) is 16.8 Å². The fourth-order valence-corrected chi connectivity index (χ4v) is 4.22. The van der Waals surface area contributed by atoms with Gasteiger partial charge in [0.2, 0.25) is 0 Å². The number of sulfone groups is 2. The highest BCUT2D eigenvalue weighted by atomic mass is 32.2. The highest BCUT2D eigenvalue weighted by molar-refractivity contribution is 7.95. The molecule has 0 rings (SSSR count). The molecule has 96 valence electrons. The molecule has 1 N–H and O–H groups in total. The maximum absolute atomic E-state index is 11.6. The molecule has 0 aromatic carbocycles. The van der Waals surface area contributed by atoms with Crippen molar-refractivity contribution in [2.45, 2.75) is 19.1 Å². The molecule has 0 heterocycles. The molecule has 8 heteroatoms. The lowest BCUT2D eigenvalue weighted by atomic mass is 10.1. The number of carboxylic acid groups (broad SMARTS) is 1. The van der Waals surface area contributed by atoms with Crippen LogP contribution in [0.5, 0.6) is 0 Å². The van der Waals surface area contributed by atoms with Crippen LogP contribution in [0, 0.1) is 5.92 Å². The first-order valence-electron chi connectivity index (χ1n) is 4.59. The van der Waals surface area contributed by atoms with Crippen molar-refractivity contribution in [2.24, 2.45) is 5.92 Å². The van der Waals surface area contributed by atoms with Crippen LogP contribution in [0.15, 0.2) is 0 Å². The van der Waals surface area contributed by atoms with Crippen LogP contribution in [-0.2, 0) is 24.5 Å². The Labute approximate surface area is 95.5 Å². The molecule has 0 amide bonds. The lowest BCUT2D eigenvalue weighted by Crippen LogP contribution is -2.33. The van der Waals surface area contributed by atoms with Crippen molar-refractivity contribution in [3.8, 4) is 0 Å². The number of carboxylic acids is 1. The molecule has 2 unspecified atom stereocenters. The molecule has 0 saturated heterocycles. The van der Waals surface area contributed by atoms with Crippen LogP contribution >= 0.6 is 0 Å². The number of rotatable bonds is 6. The maximum Gasteiger partial charge on any atom is 0.307 e. The zero-order chi connectivity index (χ0) is 13.1. The Balaban J connectivity index is 4.75. The molecule has 0 fully saturated rings. The summed E-state index contributed by atoms with van der Waals surface area (Å²) in [5.74, 6) is -3.28. The summed E-state index contributed by atoms with van der Waals surface area (Å²) >= 11 is 0. The van der Waals surface area contributed by atoms with E-state index in [1.54, 1.807) is 0 Å². The van der Waals surface area contributed by atoms with Gasteiger partial charge in [0.05, 0.1) is 22.7 Å². The topological polar surface area (TPSA) is 106 Å². The lowest BCUT2D eigenvalue weighted by molar-refractivity contribution is -0.141. The minimum absolute atomic E-state index is 0.480. The second-order valence-corrected chi connectivity index (χ2v) is 8.57. The van der Waals surface area contributed by atoms with Crippen molar-refractivity contribution in [3.63, 3.8) is 0 Å². The summed E-state index contributed by atoms with van der Waals surface area (Å²) in [6.07, 6.45) is 0.938. The van der Waals surface area contributed by atoms with E-state index in [-0.39, 0.29) is 0 Å². The Hall–Kier alpha value is -0.630. The predicted molar refractivity (Wildman–Crippen MR) is 59.8 cm³/mol. The van der Waals surface area contributed by atoms with Crippen LogP contribution in [0.25, 0.3) is 0 Å². The molecule has 0 aliphatic heterocycles. The van der Waals surface area contributed by atoms with Gasteiger partial charge >= 0.3 is 5.97 Å². The second-order valence-electron chi connectivity index (χ2n) is 3.83. The van der Waals surface area contributed by atoms with E-state index in [9.17, 15) is 21.6 Å². The standard InChI is InChI=1S/C8H16O6S2/c1-6(8(9)10)7(2)16(13,14)5-4-15(3,11)12/h6-7H,4-5H2,1-3H3,(H,9,10). The molecule has 0 aromatic rings. The molecule has 0 saturated carbocycles. The second kappa shape index (κ2) is 5.13. The first-order chi connectivity index (χ1) is 6.97. The van der Waals surface area contributed by atoms with Gasteiger partial charge in [0.15, 0.2) is 9.84 Å². The molecule has 0 bridgehead atoms. The Morgan fingerprint density at radius 2 is 1.56 bits per heavy atom. The molecule has 0 aromatic heterocycles. The molecule has 0 aliphatic carbocycles. The molecular formula is C8H16O6S2. The van der Waals surface area contributed by atoms with E-state index in [2.05, 4.69) is 0 Å². The SMILES string of the molecule is CC(C(=O)O)C(C)S(=O)(=O)CCS(C)(=O)=O. The number of carbonyl (C=O) groups is 1. The predicted octanol–water partition coefficient (Wildman–Crippen LogP) is -0.445. The van der Waals surface area contributed by atoms with Gasteiger partial charge in [-0.1, -0.05) is 6.92 Å². The van der Waals surface area contributed by atoms with Crippen LogP contribution in [-0.4, -0.2) is 50.9 Å². The van der Waals surface area contributed by atoms with E-state index >= 15 is 0 Å². The van der Waals surface area contributed by atoms with E-state index in [0.29, 0.717) is 0 Å². The third kappa shape index (κ3) is 4.93. The monoisotopic (exact) mass is 272 g/mol. The summed E-state index contributed by atoms with van der Waals surface area (Å²) in [7, 11) is -7.06. The van der Waals surface area contributed by atoms with E-state index in [1.165, 1.54) is 13.8 Å². The van der Waals surface area contributed by atoms with Crippen LogP contribution in [0.3, 0.4) is 0 Å². The van der Waals surface area contributed by atoms with Crippen molar-refractivity contribution in [2.75, 3.05) is 17.8 Å². The quantitative estimate of drug-likeness (QED) is 0.702. The van der Waals surface area contributed by atoms with E-state index in [4.69, 9.17) is 5.11 Å². The summed E-state index contributed by atoms with van der Waals surface area (Å²) in [4.78, 5) is 10.6. The Bertz CT molecular complexity index is 447. The molecular weight excluding hydrogens is 256 g/mol. The Morgan fingerprint density at radius 1 is 1.12 bits per heavy atom. The van der Waals surface area contributed by atoms with E-state index < -0.39 is 48.3 Å². The van der Waals surface area contributed by atoms with Crippen LogP contribution in [0.2, 0.25) is 0 Å². The summed E-state index contributed by atoms with van der Waals surface area (Å²) < 4.78 is 44.8. The highest BCUT2D eigenvalue weighted by Crippen LogP contribution is 2.13. The van der Waals surface area contributed by atoms with Crippen molar-refractivity contribution < 1.29 is 26.7 Å². The summed E-state index contributed by atoms with van der Waals surface area (Å²) in [6, 6.07) is 0. The molecule has 2 atom stereocenters. The molecule has 0 spiro atoms. The lowest BCUT2D eigenvalue weighted by Gasteiger charge is -2.16. The highest BCUT2D eigenvalue weighted by Gasteiger charge is 2.31. The van der Waals surface area contributed by atoms with Crippen LogP contribution in [0.1, 0.15) is 13.8 Å². The van der Waals surface area contributed by atoms with Crippen LogP contribution < -0.4 is 0 Å².